The van der Waals surface area contributed by atoms with E-state index in [1.807, 2.05) is 30.3 Å². The summed E-state index contributed by atoms with van der Waals surface area (Å²) in [6, 6.07) is 16.2. The smallest absolute Gasteiger partial charge is 0.363 e. The van der Waals surface area contributed by atoms with E-state index >= 15 is 0 Å². The molecule has 1 aliphatic heterocycles. The van der Waals surface area contributed by atoms with Gasteiger partial charge in [-0.05, 0) is 99.6 Å². The van der Waals surface area contributed by atoms with E-state index in [1.165, 1.54) is 6.07 Å². The zero-order chi connectivity index (χ0) is 25.1. The number of cyclic esters (lactones) is 1. The topological polar surface area (TPSA) is 100 Å². The molecule has 10 heteroatoms. The molecule has 0 aliphatic carbocycles. The van der Waals surface area contributed by atoms with E-state index < -0.39 is 10.9 Å². The molecule has 0 unspecified atom stereocenters. The quantitative estimate of drug-likeness (QED) is 0.0982. The second kappa shape index (κ2) is 10.7. The number of nitro groups is 1. The highest BCUT2D eigenvalue weighted by atomic mass is 127. The number of hydrogen-bond donors (Lipinski definition) is 0. The Morgan fingerprint density at radius 3 is 2.66 bits per heavy atom. The van der Waals surface area contributed by atoms with Gasteiger partial charge in [0.05, 0.1) is 15.6 Å². The third-order valence-electron chi connectivity index (χ3n) is 5.10. The largest absolute Gasteiger partial charge is 0.493 e. The number of benzene rings is 3. The van der Waals surface area contributed by atoms with Crippen molar-refractivity contribution in [2.75, 3.05) is 7.11 Å². The van der Waals surface area contributed by atoms with Crippen LogP contribution in [-0.4, -0.2) is 23.9 Å². The summed E-state index contributed by atoms with van der Waals surface area (Å²) in [4.78, 5) is 27.5. The maximum atomic E-state index is 12.4. The van der Waals surface area contributed by atoms with Crippen LogP contribution in [0.3, 0.4) is 0 Å². The molecule has 3 aromatic rings. The van der Waals surface area contributed by atoms with E-state index in [-0.39, 0.29) is 17.3 Å². The van der Waals surface area contributed by atoms with Gasteiger partial charge in [0, 0.05) is 20.8 Å². The third-order valence-corrected chi connectivity index (χ3v) is 6.57. The first-order valence-electron chi connectivity index (χ1n) is 10.3. The van der Waals surface area contributed by atoms with Gasteiger partial charge in [0.1, 0.15) is 6.61 Å². The summed E-state index contributed by atoms with van der Waals surface area (Å²) in [5, 5.41) is 11.2. The average molecular weight is 696 g/mol. The molecule has 1 aliphatic rings. The minimum absolute atomic E-state index is 0.0171. The minimum atomic E-state index is -0.642. The van der Waals surface area contributed by atoms with E-state index in [4.69, 9.17) is 14.2 Å². The van der Waals surface area contributed by atoms with Gasteiger partial charge in [-0.3, -0.25) is 10.1 Å². The van der Waals surface area contributed by atoms with Crippen LogP contribution < -0.4 is 9.47 Å². The minimum Gasteiger partial charge on any atom is -0.493 e. The Labute approximate surface area is 228 Å². The number of esters is 1. The Bertz CT molecular complexity index is 1400. The van der Waals surface area contributed by atoms with E-state index in [1.54, 1.807) is 38.3 Å². The fourth-order valence-electron chi connectivity index (χ4n) is 3.38. The normalized spacial score (nSPS) is 14.0. The molecule has 178 valence electrons. The number of aliphatic imine (C=N–C) groups is 1. The van der Waals surface area contributed by atoms with Crippen LogP contribution in [0.2, 0.25) is 0 Å². The fourth-order valence-corrected chi connectivity index (χ4v) is 4.76. The monoisotopic (exact) mass is 696 g/mol. The average Bonchev–Trinajstić information content (AvgIpc) is 3.18. The lowest BCUT2D eigenvalue weighted by molar-refractivity contribution is -0.385. The van der Waals surface area contributed by atoms with Crippen LogP contribution in [0.25, 0.3) is 6.08 Å². The van der Waals surface area contributed by atoms with E-state index in [2.05, 4.69) is 50.2 Å². The zero-order valence-electron chi connectivity index (χ0n) is 18.6. The molecule has 0 saturated heterocycles. The van der Waals surface area contributed by atoms with Gasteiger partial charge in [-0.2, -0.15) is 0 Å². The highest BCUT2D eigenvalue weighted by Gasteiger charge is 2.26. The number of halogens is 2. The lowest BCUT2D eigenvalue weighted by Gasteiger charge is -2.14. The van der Waals surface area contributed by atoms with Crippen LogP contribution in [0, 0.1) is 24.2 Å². The predicted molar refractivity (Wildman–Crippen MR) is 148 cm³/mol. The number of hydrogen-bond acceptors (Lipinski definition) is 7. The van der Waals surface area contributed by atoms with Crippen molar-refractivity contribution in [3.05, 3.63) is 99.8 Å². The summed E-state index contributed by atoms with van der Waals surface area (Å²) in [6.45, 7) is 2.02. The first-order chi connectivity index (χ1) is 16.7. The van der Waals surface area contributed by atoms with Gasteiger partial charge in [-0.25, -0.2) is 9.79 Å². The maximum Gasteiger partial charge on any atom is 0.363 e. The Hall–Kier alpha value is -3.00. The van der Waals surface area contributed by atoms with Crippen LogP contribution in [0.4, 0.5) is 5.69 Å². The predicted octanol–water partition coefficient (Wildman–Crippen LogP) is 6.04. The first kappa shape index (κ1) is 25.1. The Morgan fingerprint density at radius 1 is 1.14 bits per heavy atom. The van der Waals surface area contributed by atoms with Crippen molar-refractivity contribution >= 4 is 68.8 Å². The van der Waals surface area contributed by atoms with Crippen molar-refractivity contribution in [3.8, 4) is 11.5 Å². The molecule has 0 saturated carbocycles. The van der Waals surface area contributed by atoms with Crippen LogP contribution in [-0.2, 0) is 16.1 Å². The maximum absolute atomic E-state index is 12.4. The van der Waals surface area contributed by atoms with Gasteiger partial charge in [-0.1, -0.05) is 18.2 Å². The van der Waals surface area contributed by atoms with Gasteiger partial charge in [0.2, 0.25) is 5.90 Å². The molecule has 3 aromatic carbocycles. The Kier molecular flexibility index (Phi) is 7.69. The van der Waals surface area contributed by atoms with Crippen LogP contribution >= 0.6 is 45.2 Å². The molecule has 0 spiro atoms. The van der Waals surface area contributed by atoms with Crippen LogP contribution in [0.1, 0.15) is 22.3 Å². The molecule has 0 aromatic heterocycles. The van der Waals surface area contributed by atoms with E-state index in [0.717, 1.165) is 12.7 Å². The van der Waals surface area contributed by atoms with Gasteiger partial charge >= 0.3 is 5.97 Å². The standard InChI is InChI=1S/C25H18I2N2O6/c1-14-6-7-17(12-21(14)29(31)32)24-28-20(25(30)35-24)10-16-9-19(27)23(22(11-16)33-2)34-13-15-4-3-5-18(26)8-15/h3-12H,13H2,1-2H3/b20-10-. The second-order valence-electron chi connectivity index (χ2n) is 7.55. The highest BCUT2D eigenvalue weighted by Crippen LogP contribution is 2.36. The van der Waals surface area contributed by atoms with Crippen molar-refractivity contribution in [3.63, 3.8) is 0 Å². The molecule has 0 atom stereocenters. The number of nitro benzene ring substituents is 1. The van der Waals surface area contributed by atoms with Crippen molar-refractivity contribution in [2.45, 2.75) is 13.5 Å². The third kappa shape index (κ3) is 5.81. The highest BCUT2D eigenvalue weighted by molar-refractivity contribution is 14.1. The molecule has 4 rings (SSSR count). The summed E-state index contributed by atoms with van der Waals surface area (Å²) >= 11 is 4.40. The number of carbonyl (C=O) groups excluding carboxylic acids is 1. The Morgan fingerprint density at radius 2 is 1.94 bits per heavy atom. The SMILES string of the molecule is COc1cc(/C=C2\N=C(c3ccc(C)c([N+](=O)[O-])c3)OC2=O)cc(I)c1OCc1cccc(I)c1. The van der Waals surface area contributed by atoms with Crippen molar-refractivity contribution < 1.29 is 23.9 Å². The summed E-state index contributed by atoms with van der Waals surface area (Å²) in [5.41, 5.74) is 2.57. The van der Waals surface area contributed by atoms with Crippen LogP contribution in [0.15, 0.2) is 65.3 Å². The lowest BCUT2D eigenvalue weighted by atomic mass is 10.1. The molecule has 0 N–H and O–H groups in total. The molecule has 0 bridgehead atoms. The zero-order valence-corrected chi connectivity index (χ0v) is 22.9. The van der Waals surface area contributed by atoms with Gasteiger partial charge in [-0.15, -0.1) is 0 Å². The van der Waals surface area contributed by atoms with Crippen LogP contribution in [0.5, 0.6) is 11.5 Å². The molecule has 0 radical (unpaired) electrons. The summed E-state index contributed by atoms with van der Waals surface area (Å²) in [6.07, 6.45) is 1.58. The number of methoxy groups -OCH3 is 1. The number of carbonyl (C=O) groups is 1. The molecular formula is C25H18I2N2O6. The number of rotatable bonds is 7. The van der Waals surface area contributed by atoms with Crippen molar-refractivity contribution in [1.29, 1.82) is 0 Å². The molecule has 0 amide bonds. The number of nitrogens with zero attached hydrogens (tertiary/aromatic N) is 2. The van der Waals surface area contributed by atoms with Gasteiger partial charge < -0.3 is 14.2 Å². The summed E-state index contributed by atoms with van der Waals surface area (Å²) < 4.78 is 18.8. The molecule has 0 fully saturated rings. The lowest BCUT2D eigenvalue weighted by Crippen LogP contribution is -2.06. The van der Waals surface area contributed by atoms with Crippen molar-refractivity contribution in [2.24, 2.45) is 4.99 Å². The summed E-state index contributed by atoms with van der Waals surface area (Å²) in [7, 11) is 1.55. The van der Waals surface area contributed by atoms with Crippen molar-refractivity contribution in [1.82, 2.24) is 0 Å². The molecule has 1 heterocycles. The van der Waals surface area contributed by atoms with Gasteiger partial charge in [0.25, 0.3) is 5.69 Å². The second-order valence-corrected chi connectivity index (χ2v) is 9.95. The van der Waals surface area contributed by atoms with Gasteiger partial charge in [0.15, 0.2) is 17.2 Å². The fraction of sp³-hybridized carbons (Fsp3) is 0.120. The number of aryl methyl sites for hydroxylation is 1. The number of ether oxygens (including phenoxy) is 3. The first-order valence-corrected chi connectivity index (χ1v) is 12.4. The van der Waals surface area contributed by atoms with E-state index in [9.17, 15) is 14.9 Å². The van der Waals surface area contributed by atoms with E-state index in [0.29, 0.717) is 34.8 Å². The molecular weight excluding hydrogens is 678 g/mol. The molecule has 8 nitrogen and oxygen atoms in total. The summed E-state index contributed by atoms with van der Waals surface area (Å²) in [5.74, 6) is 0.484. The Balaban J connectivity index is 1.61. The molecule has 35 heavy (non-hydrogen) atoms.